The SMILES string of the molecule is CCCCC(=O)OC1Cc2c(O)cc(O)cc2OC1c1ccc(O)c(O)c1. The number of carbonyl (C=O) groups is 1. The molecule has 0 spiro atoms. The van der Waals surface area contributed by atoms with Gasteiger partial charge in [-0.15, -0.1) is 0 Å². The Balaban J connectivity index is 1.95. The Hall–Kier alpha value is -3.09. The van der Waals surface area contributed by atoms with Crippen molar-refractivity contribution < 1.29 is 34.7 Å². The van der Waals surface area contributed by atoms with Crippen molar-refractivity contribution in [3.8, 4) is 28.7 Å². The second-order valence-electron chi connectivity index (χ2n) is 6.56. The van der Waals surface area contributed by atoms with Gasteiger partial charge in [0.15, 0.2) is 17.6 Å². The molecule has 1 aliphatic heterocycles. The topological polar surface area (TPSA) is 116 Å². The number of esters is 1. The molecule has 2 aromatic rings. The van der Waals surface area contributed by atoms with Gasteiger partial charge in [-0.25, -0.2) is 0 Å². The molecule has 0 fully saturated rings. The van der Waals surface area contributed by atoms with Crippen LogP contribution in [0.25, 0.3) is 0 Å². The predicted molar refractivity (Wildman–Crippen MR) is 96.0 cm³/mol. The van der Waals surface area contributed by atoms with Gasteiger partial charge >= 0.3 is 5.97 Å². The van der Waals surface area contributed by atoms with Crippen LogP contribution in [0.15, 0.2) is 30.3 Å². The molecule has 2 aromatic carbocycles. The van der Waals surface area contributed by atoms with E-state index in [0.29, 0.717) is 17.5 Å². The molecule has 1 heterocycles. The van der Waals surface area contributed by atoms with Gasteiger partial charge in [0.1, 0.15) is 23.4 Å². The van der Waals surface area contributed by atoms with E-state index >= 15 is 0 Å². The molecular weight excluding hydrogens is 352 g/mol. The van der Waals surface area contributed by atoms with Crippen LogP contribution in [0.3, 0.4) is 0 Å². The van der Waals surface area contributed by atoms with E-state index in [1.165, 1.54) is 24.3 Å². The van der Waals surface area contributed by atoms with Crippen LogP contribution >= 0.6 is 0 Å². The predicted octanol–water partition coefficient (Wildman–Crippen LogP) is 3.29. The molecule has 1 aliphatic rings. The Kier molecular flexibility index (Phi) is 5.30. The average Bonchev–Trinajstić information content (AvgIpc) is 2.62. The zero-order valence-electron chi connectivity index (χ0n) is 14.9. The van der Waals surface area contributed by atoms with E-state index in [1.54, 1.807) is 6.07 Å². The van der Waals surface area contributed by atoms with E-state index in [1.807, 2.05) is 6.92 Å². The molecular formula is C20H22O7. The monoisotopic (exact) mass is 374 g/mol. The second-order valence-corrected chi connectivity index (χ2v) is 6.56. The minimum absolute atomic E-state index is 0.147. The molecule has 4 N–H and O–H groups in total. The smallest absolute Gasteiger partial charge is 0.306 e. The van der Waals surface area contributed by atoms with Gasteiger partial charge in [-0.05, 0) is 18.6 Å². The fourth-order valence-corrected chi connectivity index (χ4v) is 3.10. The number of phenols is 4. The van der Waals surface area contributed by atoms with Crippen molar-refractivity contribution in [2.45, 2.75) is 44.8 Å². The van der Waals surface area contributed by atoms with Gasteiger partial charge in [-0.3, -0.25) is 4.79 Å². The summed E-state index contributed by atoms with van der Waals surface area (Å²) in [4.78, 5) is 12.1. The van der Waals surface area contributed by atoms with Gasteiger partial charge < -0.3 is 29.9 Å². The van der Waals surface area contributed by atoms with E-state index in [2.05, 4.69) is 0 Å². The van der Waals surface area contributed by atoms with Gasteiger partial charge in [0, 0.05) is 36.1 Å². The van der Waals surface area contributed by atoms with Crippen LogP contribution in [0, 0.1) is 0 Å². The summed E-state index contributed by atoms with van der Waals surface area (Å²) in [5.41, 5.74) is 0.924. The van der Waals surface area contributed by atoms with Crippen molar-refractivity contribution >= 4 is 5.97 Å². The van der Waals surface area contributed by atoms with Gasteiger partial charge in [0.05, 0.1) is 0 Å². The molecule has 0 aliphatic carbocycles. The third kappa shape index (κ3) is 4.02. The van der Waals surface area contributed by atoms with Crippen LogP contribution in [0.2, 0.25) is 0 Å². The molecule has 0 saturated heterocycles. The van der Waals surface area contributed by atoms with E-state index in [9.17, 15) is 25.2 Å². The number of hydrogen-bond acceptors (Lipinski definition) is 7. The summed E-state index contributed by atoms with van der Waals surface area (Å²) >= 11 is 0. The zero-order chi connectivity index (χ0) is 19.6. The number of aromatic hydroxyl groups is 4. The van der Waals surface area contributed by atoms with Gasteiger partial charge in [0.2, 0.25) is 0 Å². The minimum atomic E-state index is -0.768. The highest BCUT2D eigenvalue weighted by Gasteiger charge is 2.36. The van der Waals surface area contributed by atoms with Crippen LogP contribution in [-0.2, 0) is 16.0 Å². The lowest BCUT2D eigenvalue weighted by Crippen LogP contribution is -2.34. The number of carbonyl (C=O) groups excluding carboxylic acids is 1. The first-order valence-electron chi connectivity index (χ1n) is 8.82. The lowest BCUT2D eigenvalue weighted by molar-refractivity contribution is -0.155. The van der Waals surface area contributed by atoms with Crippen molar-refractivity contribution in [2.75, 3.05) is 0 Å². The molecule has 7 nitrogen and oxygen atoms in total. The molecule has 144 valence electrons. The molecule has 0 radical (unpaired) electrons. The Morgan fingerprint density at radius 3 is 2.59 bits per heavy atom. The summed E-state index contributed by atoms with van der Waals surface area (Å²) in [6.07, 6.45) is 0.513. The maximum Gasteiger partial charge on any atom is 0.306 e. The summed E-state index contributed by atoms with van der Waals surface area (Å²) in [6.45, 7) is 1.97. The second kappa shape index (κ2) is 7.65. The number of rotatable bonds is 5. The highest BCUT2D eigenvalue weighted by Crippen LogP contribution is 2.43. The summed E-state index contributed by atoms with van der Waals surface area (Å²) in [7, 11) is 0. The number of fused-ring (bicyclic) bond motifs is 1. The molecule has 0 saturated carbocycles. The summed E-state index contributed by atoms with van der Waals surface area (Å²) in [5, 5.41) is 39.2. The Labute approximate surface area is 156 Å². The van der Waals surface area contributed by atoms with Crippen molar-refractivity contribution in [2.24, 2.45) is 0 Å². The molecule has 27 heavy (non-hydrogen) atoms. The highest BCUT2D eigenvalue weighted by atomic mass is 16.6. The first-order chi connectivity index (χ1) is 12.9. The van der Waals surface area contributed by atoms with Crippen molar-refractivity contribution in [3.63, 3.8) is 0 Å². The molecule has 0 bridgehead atoms. The summed E-state index contributed by atoms with van der Waals surface area (Å²) < 4.78 is 11.5. The molecule has 0 amide bonds. The Morgan fingerprint density at radius 1 is 1.11 bits per heavy atom. The lowest BCUT2D eigenvalue weighted by atomic mass is 9.93. The van der Waals surface area contributed by atoms with Crippen LogP contribution in [0.5, 0.6) is 28.7 Å². The minimum Gasteiger partial charge on any atom is -0.508 e. The number of benzene rings is 2. The molecule has 3 rings (SSSR count). The summed E-state index contributed by atoms with van der Waals surface area (Å²) in [5.74, 6) is -1.01. The maximum absolute atomic E-state index is 12.1. The van der Waals surface area contributed by atoms with Gasteiger partial charge in [-0.2, -0.15) is 0 Å². The van der Waals surface area contributed by atoms with Gasteiger partial charge in [0.25, 0.3) is 0 Å². The van der Waals surface area contributed by atoms with E-state index in [0.717, 1.165) is 6.42 Å². The molecule has 2 atom stereocenters. The first-order valence-corrected chi connectivity index (χ1v) is 8.82. The van der Waals surface area contributed by atoms with E-state index < -0.39 is 12.2 Å². The molecule has 0 aromatic heterocycles. The van der Waals surface area contributed by atoms with E-state index in [4.69, 9.17) is 9.47 Å². The number of unbranched alkanes of at least 4 members (excludes halogenated alkanes) is 1. The quantitative estimate of drug-likeness (QED) is 0.469. The van der Waals surface area contributed by atoms with Crippen molar-refractivity contribution in [3.05, 3.63) is 41.5 Å². The number of ether oxygens (including phenoxy) is 2. The van der Waals surface area contributed by atoms with Crippen LogP contribution in [0.4, 0.5) is 0 Å². The van der Waals surface area contributed by atoms with Crippen LogP contribution in [-0.4, -0.2) is 32.5 Å². The third-order valence-electron chi connectivity index (χ3n) is 4.51. The fourth-order valence-electron chi connectivity index (χ4n) is 3.10. The fraction of sp³-hybridized carbons (Fsp3) is 0.350. The summed E-state index contributed by atoms with van der Waals surface area (Å²) in [6, 6.07) is 6.78. The van der Waals surface area contributed by atoms with Crippen LogP contribution < -0.4 is 4.74 Å². The third-order valence-corrected chi connectivity index (χ3v) is 4.51. The Morgan fingerprint density at radius 2 is 1.89 bits per heavy atom. The zero-order valence-corrected chi connectivity index (χ0v) is 14.9. The maximum atomic E-state index is 12.1. The Bertz CT molecular complexity index is 846. The van der Waals surface area contributed by atoms with Crippen molar-refractivity contribution in [1.29, 1.82) is 0 Å². The standard InChI is InChI=1S/C20H22O7/c1-2-3-4-19(25)26-18-10-13-15(23)8-12(21)9-17(13)27-20(18)11-5-6-14(22)16(24)7-11/h5-9,18,20-24H,2-4,10H2,1H3. The van der Waals surface area contributed by atoms with Crippen LogP contribution in [0.1, 0.15) is 43.4 Å². The molecule has 7 heteroatoms. The normalized spacial score (nSPS) is 18.4. The largest absolute Gasteiger partial charge is 0.508 e. The lowest BCUT2D eigenvalue weighted by Gasteiger charge is -2.34. The first kappa shape index (κ1) is 18.7. The number of phenolic OH excluding ortho intramolecular Hbond substituents is 4. The van der Waals surface area contributed by atoms with E-state index in [-0.39, 0.29) is 47.6 Å². The van der Waals surface area contributed by atoms with Gasteiger partial charge in [-0.1, -0.05) is 19.4 Å². The van der Waals surface area contributed by atoms with Crippen molar-refractivity contribution in [1.82, 2.24) is 0 Å². The number of hydrogen-bond donors (Lipinski definition) is 4. The highest BCUT2D eigenvalue weighted by molar-refractivity contribution is 5.69. The molecule has 2 unspecified atom stereocenters. The average molecular weight is 374 g/mol.